The summed E-state index contributed by atoms with van der Waals surface area (Å²) in [6.07, 6.45) is 1.10. The van der Waals surface area contributed by atoms with Gasteiger partial charge in [0.05, 0.1) is 0 Å². The molecule has 0 aliphatic rings. The van der Waals surface area contributed by atoms with Gasteiger partial charge in [-0.3, -0.25) is 0 Å². The van der Waals surface area contributed by atoms with Gasteiger partial charge in [0.15, 0.2) is 0 Å². The van der Waals surface area contributed by atoms with Crippen molar-refractivity contribution in [2.24, 2.45) is 11.7 Å². The number of hydrogen-bond acceptors (Lipinski definition) is 2. The quantitative estimate of drug-likeness (QED) is 0.798. The Balaban J connectivity index is 2.33. The molecule has 0 aliphatic heterocycles. The number of rotatable bonds is 6. The van der Waals surface area contributed by atoms with Gasteiger partial charge in [-0.05, 0) is 24.9 Å². The number of likely N-dealkylation sites (N-methyl/N-ethyl adjacent to an activating group) is 1. The highest BCUT2D eigenvalue weighted by atomic mass is 15.1. The maximum absolute atomic E-state index is 6.09. The summed E-state index contributed by atoms with van der Waals surface area (Å²) in [6.45, 7) is 6.38. The maximum atomic E-state index is 6.09. The van der Waals surface area contributed by atoms with E-state index in [4.69, 9.17) is 5.73 Å². The van der Waals surface area contributed by atoms with Gasteiger partial charge in [-0.1, -0.05) is 44.2 Å². The second kappa shape index (κ2) is 6.66. The average Bonchev–Trinajstić information content (AvgIpc) is 2.17. The van der Waals surface area contributed by atoms with E-state index in [0.717, 1.165) is 19.5 Å². The van der Waals surface area contributed by atoms with Gasteiger partial charge >= 0.3 is 0 Å². The Labute approximate surface area is 99.5 Å². The highest BCUT2D eigenvalue weighted by molar-refractivity contribution is 5.14. The number of hydrogen-bond donors (Lipinski definition) is 1. The van der Waals surface area contributed by atoms with Gasteiger partial charge in [-0.15, -0.1) is 0 Å². The number of benzene rings is 1. The van der Waals surface area contributed by atoms with Crippen LogP contribution in [0.25, 0.3) is 0 Å². The van der Waals surface area contributed by atoms with Crippen molar-refractivity contribution >= 4 is 0 Å². The predicted octanol–water partition coefficient (Wildman–Crippen LogP) is 2.49. The molecule has 0 radical (unpaired) electrons. The zero-order chi connectivity index (χ0) is 12.0. The van der Waals surface area contributed by atoms with Gasteiger partial charge in [-0.25, -0.2) is 0 Å². The first-order valence-corrected chi connectivity index (χ1v) is 6.06. The molecule has 0 spiro atoms. The van der Waals surface area contributed by atoms with Crippen LogP contribution in [-0.2, 0) is 6.54 Å². The number of nitrogens with zero attached hydrogens (tertiary/aromatic N) is 1. The molecule has 2 N–H and O–H groups in total. The third-order valence-corrected chi connectivity index (χ3v) is 2.62. The standard InChI is InChI=1S/C14H24N2/c1-12(2)9-14(15)11-16(3)10-13-7-5-4-6-8-13/h4-8,12,14H,9-11,15H2,1-3H3/t14-/m0/s1. The normalized spacial score (nSPS) is 13.4. The van der Waals surface area contributed by atoms with E-state index in [1.165, 1.54) is 5.56 Å². The number of nitrogens with two attached hydrogens (primary N) is 1. The molecule has 2 heteroatoms. The Morgan fingerprint density at radius 2 is 1.81 bits per heavy atom. The van der Waals surface area contributed by atoms with Crippen LogP contribution in [-0.4, -0.2) is 24.5 Å². The summed E-state index contributed by atoms with van der Waals surface area (Å²) in [5.41, 5.74) is 7.44. The van der Waals surface area contributed by atoms with Crippen molar-refractivity contribution in [2.45, 2.75) is 32.9 Å². The summed E-state index contributed by atoms with van der Waals surface area (Å²) in [4.78, 5) is 2.29. The lowest BCUT2D eigenvalue weighted by atomic mass is 10.0. The van der Waals surface area contributed by atoms with E-state index in [1.54, 1.807) is 0 Å². The van der Waals surface area contributed by atoms with E-state index in [9.17, 15) is 0 Å². The molecule has 0 aliphatic carbocycles. The van der Waals surface area contributed by atoms with Gasteiger partial charge in [0.25, 0.3) is 0 Å². The molecule has 0 bridgehead atoms. The highest BCUT2D eigenvalue weighted by Crippen LogP contribution is 2.06. The largest absolute Gasteiger partial charge is 0.327 e. The van der Waals surface area contributed by atoms with E-state index in [0.29, 0.717) is 5.92 Å². The smallest absolute Gasteiger partial charge is 0.0231 e. The molecule has 0 saturated heterocycles. The molecule has 90 valence electrons. The molecule has 2 nitrogen and oxygen atoms in total. The third kappa shape index (κ3) is 5.29. The minimum absolute atomic E-state index is 0.286. The molecule has 1 aromatic rings. The third-order valence-electron chi connectivity index (χ3n) is 2.62. The Kier molecular flexibility index (Phi) is 5.50. The Morgan fingerprint density at radius 1 is 1.19 bits per heavy atom. The Morgan fingerprint density at radius 3 is 2.38 bits per heavy atom. The van der Waals surface area contributed by atoms with E-state index >= 15 is 0 Å². The van der Waals surface area contributed by atoms with Crippen molar-refractivity contribution in [3.8, 4) is 0 Å². The minimum Gasteiger partial charge on any atom is -0.327 e. The zero-order valence-corrected chi connectivity index (χ0v) is 10.7. The van der Waals surface area contributed by atoms with Crippen LogP contribution in [0.5, 0.6) is 0 Å². The summed E-state index contributed by atoms with van der Waals surface area (Å²) in [6, 6.07) is 10.8. The molecular formula is C14H24N2. The van der Waals surface area contributed by atoms with Crippen LogP contribution < -0.4 is 5.73 Å². The minimum atomic E-state index is 0.286. The average molecular weight is 220 g/mol. The monoisotopic (exact) mass is 220 g/mol. The molecule has 0 heterocycles. The predicted molar refractivity (Wildman–Crippen MR) is 70.2 cm³/mol. The second-order valence-electron chi connectivity index (χ2n) is 5.07. The second-order valence-corrected chi connectivity index (χ2v) is 5.07. The van der Waals surface area contributed by atoms with Gasteiger partial charge < -0.3 is 10.6 Å². The van der Waals surface area contributed by atoms with Crippen LogP contribution in [0, 0.1) is 5.92 Å². The van der Waals surface area contributed by atoms with Crippen LogP contribution in [0.4, 0.5) is 0 Å². The van der Waals surface area contributed by atoms with E-state index < -0.39 is 0 Å². The van der Waals surface area contributed by atoms with Crippen molar-refractivity contribution in [1.29, 1.82) is 0 Å². The van der Waals surface area contributed by atoms with Crippen LogP contribution in [0.1, 0.15) is 25.8 Å². The summed E-state index contributed by atoms with van der Waals surface area (Å²) < 4.78 is 0. The van der Waals surface area contributed by atoms with Gasteiger partial charge in [0.2, 0.25) is 0 Å². The SMILES string of the molecule is CC(C)C[C@H](N)CN(C)Cc1ccccc1. The summed E-state index contributed by atoms with van der Waals surface area (Å²) in [5, 5.41) is 0. The summed E-state index contributed by atoms with van der Waals surface area (Å²) >= 11 is 0. The van der Waals surface area contributed by atoms with Crippen molar-refractivity contribution in [3.05, 3.63) is 35.9 Å². The fourth-order valence-corrected chi connectivity index (χ4v) is 2.04. The van der Waals surface area contributed by atoms with Crippen molar-refractivity contribution in [1.82, 2.24) is 4.90 Å². The topological polar surface area (TPSA) is 29.3 Å². The Hall–Kier alpha value is -0.860. The fraction of sp³-hybridized carbons (Fsp3) is 0.571. The lowest BCUT2D eigenvalue weighted by molar-refractivity contribution is 0.287. The van der Waals surface area contributed by atoms with Gasteiger partial charge in [0.1, 0.15) is 0 Å². The van der Waals surface area contributed by atoms with Crippen LogP contribution in [0.3, 0.4) is 0 Å². The van der Waals surface area contributed by atoms with E-state index in [-0.39, 0.29) is 6.04 Å². The molecule has 0 amide bonds. The van der Waals surface area contributed by atoms with Crippen LogP contribution in [0.2, 0.25) is 0 Å². The first kappa shape index (κ1) is 13.2. The van der Waals surface area contributed by atoms with Crippen molar-refractivity contribution in [3.63, 3.8) is 0 Å². The van der Waals surface area contributed by atoms with Gasteiger partial charge in [-0.2, -0.15) is 0 Å². The summed E-state index contributed by atoms with van der Waals surface area (Å²) in [7, 11) is 2.13. The molecule has 0 unspecified atom stereocenters. The van der Waals surface area contributed by atoms with Crippen LogP contribution >= 0.6 is 0 Å². The van der Waals surface area contributed by atoms with E-state index in [2.05, 4.69) is 50.1 Å². The molecule has 1 rings (SSSR count). The molecular weight excluding hydrogens is 196 g/mol. The lowest BCUT2D eigenvalue weighted by Crippen LogP contribution is -2.35. The highest BCUT2D eigenvalue weighted by Gasteiger charge is 2.08. The molecule has 16 heavy (non-hydrogen) atoms. The van der Waals surface area contributed by atoms with Crippen molar-refractivity contribution < 1.29 is 0 Å². The first-order chi connectivity index (χ1) is 7.58. The first-order valence-electron chi connectivity index (χ1n) is 6.06. The fourth-order valence-electron chi connectivity index (χ4n) is 2.04. The van der Waals surface area contributed by atoms with Crippen molar-refractivity contribution in [2.75, 3.05) is 13.6 Å². The molecule has 0 saturated carbocycles. The summed E-state index contributed by atoms with van der Waals surface area (Å²) in [5.74, 6) is 0.681. The zero-order valence-electron chi connectivity index (χ0n) is 10.7. The molecule has 0 fully saturated rings. The molecule has 0 aromatic heterocycles. The lowest BCUT2D eigenvalue weighted by Gasteiger charge is -2.22. The molecule has 1 atom stereocenters. The van der Waals surface area contributed by atoms with Crippen LogP contribution in [0.15, 0.2) is 30.3 Å². The van der Waals surface area contributed by atoms with E-state index in [1.807, 2.05) is 6.07 Å². The Bertz CT molecular complexity index is 282. The molecule has 1 aromatic carbocycles. The maximum Gasteiger partial charge on any atom is 0.0231 e. The van der Waals surface area contributed by atoms with Gasteiger partial charge in [0, 0.05) is 19.1 Å².